The van der Waals surface area contributed by atoms with Crippen LogP contribution in [0.15, 0.2) is 46.3 Å². The minimum absolute atomic E-state index is 0.0471. The molecule has 0 bridgehead atoms. The van der Waals surface area contributed by atoms with Crippen LogP contribution in [0.1, 0.15) is 28.7 Å². The fraction of sp³-hybridized carbons (Fsp3) is 0.304. The third kappa shape index (κ3) is 5.57. The van der Waals surface area contributed by atoms with Crippen LogP contribution in [0.4, 0.5) is 11.4 Å². The van der Waals surface area contributed by atoms with Gasteiger partial charge in [0, 0.05) is 18.2 Å². The second kappa shape index (κ2) is 10.2. The lowest BCUT2D eigenvalue weighted by atomic mass is 10.1. The van der Waals surface area contributed by atoms with E-state index in [4.69, 9.17) is 4.99 Å². The van der Waals surface area contributed by atoms with Gasteiger partial charge in [-0.05, 0) is 79.8 Å². The number of benzene rings is 2. The van der Waals surface area contributed by atoms with E-state index >= 15 is 0 Å². The van der Waals surface area contributed by atoms with Gasteiger partial charge in [-0.3, -0.25) is 19.8 Å². The van der Waals surface area contributed by atoms with Gasteiger partial charge in [0.05, 0.1) is 15.5 Å². The largest absolute Gasteiger partial charge is 0.286 e. The molecule has 2 aromatic rings. The van der Waals surface area contributed by atoms with Crippen molar-refractivity contribution in [3.05, 3.63) is 73.7 Å². The average molecular weight is 456 g/mol. The summed E-state index contributed by atoms with van der Waals surface area (Å²) in [6.07, 6.45) is 4.62. The summed E-state index contributed by atoms with van der Waals surface area (Å²) in [5, 5.41) is 11.9. The minimum Gasteiger partial charge on any atom is -0.286 e. The summed E-state index contributed by atoms with van der Waals surface area (Å²) in [6, 6.07) is 11.1. The average Bonchev–Trinajstić information content (AvgIpc) is 3.01. The summed E-state index contributed by atoms with van der Waals surface area (Å²) in [4.78, 5) is 31.1. The first-order chi connectivity index (χ1) is 14.8. The van der Waals surface area contributed by atoms with Crippen molar-refractivity contribution in [3.63, 3.8) is 0 Å². The number of amidine groups is 1. The quantitative estimate of drug-likeness (QED) is 0.226. The van der Waals surface area contributed by atoms with Gasteiger partial charge in [0.25, 0.3) is 11.6 Å². The molecule has 162 valence electrons. The summed E-state index contributed by atoms with van der Waals surface area (Å²) in [7, 11) is 0. The first kappa shape index (κ1) is 23.1. The molecule has 1 aliphatic heterocycles. The van der Waals surface area contributed by atoms with E-state index in [9.17, 15) is 14.9 Å². The topological polar surface area (TPSA) is 75.8 Å². The number of aryl methyl sites for hydroxylation is 3. The van der Waals surface area contributed by atoms with Gasteiger partial charge in [-0.15, -0.1) is 0 Å². The Hall–Kier alpha value is -2.58. The van der Waals surface area contributed by atoms with Crippen molar-refractivity contribution in [2.45, 2.75) is 27.2 Å². The molecule has 0 radical (unpaired) electrons. The first-order valence-electron chi connectivity index (χ1n) is 9.91. The van der Waals surface area contributed by atoms with E-state index in [-0.39, 0.29) is 11.6 Å². The molecule has 0 atom stereocenters. The van der Waals surface area contributed by atoms with Crippen molar-refractivity contribution < 1.29 is 9.72 Å². The van der Waals surface area contributed by atoms with Gasteiger partial charge < -0.3 is 0 Å². The molecule has 1 amide bonds. The summed E-state index contributed by atoms with van der Waals surface area (Å²) in [6.45, 7) is 6.30. The molecule has 0 unspecified atom stereocenters. The predicted molar refractivity (Wildman–Crippen MR) is 131 cm³/mol. The molecule has 0 aliphatic carbocycles. The number of aliphatic imine (C=N–C) groups is 1. The third-order valence-corrected chi connectivity index (χ3v) is 6.63. The Balaban J connectivity index is 1.98. The van der Waals surface area contributed by atoms with Crippen molar-refractivity contribution in [2.24, 2.45) is 4.99 Å². The van der Waals surface area contributed by atoms with E-state index in [1.165, 1.54) is 17.8 Å². The minimum atomic E-state index is -0.400. The standard InChI is InChI=1S/C23H25N3O3S2/c1-15-6-7-16(2)19(12-15)24-23-25(10-5-11-30-4)22(27)21(31-23)14-18-9-8-17(3)20(13-18)26(28)29/h6-9,12-14H,5,10-11H2,1-4H3/b21-14-,24-23?. The zero-order valence-electron chi connectivity index (χ0n) is 18.0. The molecule has 0 N–H and O–H groups in total. The number of rotatable bonds is 7. The van der Waals surface area contributed by atoms with Crippen LogP contribution in [0, 0.1) is 30.9 Å². The van der Waals surface area contributed by atoms with Crippen LogP contribution < -0.4 is 0 Å². The van der Waals surface area contributed by atoms with Crippen LogP contribution in [0.5, 0.6) is 0 Å². The number of nitro benzene ring substituents is 1. The second-order valence-corrected chi connectivity index (χ2v) is 9.40. The fourth-order valence-corrected chi connectivity index (χ4v) is 4.60. The van der Waals surface area contributed by atoms with Gasteiger partial charge in [0.2, 0.25) is 0 Å². The molecular weight excluding hydrogens is 430 g/mol. The van der Waals surface area contributed by atoms with Gasteiger partial charge in [-0.1, -0.05) is 24.3 Å². The number of carbonyl (C=O) groups excluding carboxylic acids is 1. The van der Waals surface area contributed by atoms with Crippen molar-refractivity contribution in [1.29, 1.82) is 0 Å². The third-order valence-electron chi connectivity index (χ3n) is 4.93. The van der Waals surface area contributed by atoms with E-state index in [1.807, 2.05) is 38.3 Å². The molecule has 0 saturated carbocycles. The Morgan fingerprint density at radius 1 is 1.16 bits per heavy atom. The maximum absolute atomic E-state index is 13.2. The number of nitro groups is 1. The Morgan fingerprint density at radius 3 is 2.61 bits per heavy atom. The van der Waals surface area contributed by atoms with Crippen molar-refractivity contribution in [2.75, 3.05) is 18.6 Å². The molecule has 2 aromatic carbocycles. The van der Waals surface area contributed by atoms with Crippen LogP contribution in [0.3, 0.4) is 0 Å². The molecule has 8 heteroatoms. The van der Waals surface area contributed by atoms with Crippen LogP contribution >= 0.6 is 23.5 Å². The lowest BCUT2D eigenvalue weighted by molar-refractivity contribution is -0.385. The number of amides is 1. The maximum atomic E-state index is 13.2. The lowest BCUT2D eigenvalue weighted by Crippen LogP contribution is -2.30. The van der Waals surface area contributed by atoms with Crippen LogP contribution in [-0.4, -0.2) is 39.5 Å². The zero-order valence-corrected chi connectivity index (χ0v) is 19.7. The molecule has 3 rings (SSSR count). The number of hydrogen-bond acceptors (Lipinski definition) is 6. The number of carbonyl (C=O) groups is 1. The van der Waals surface area contributed by atoms with Crippen molar-refractivity contribution in [1.82, 2.24) is 4.90 Å². The van der Waals surface area contributed by atoms with Crippen LogP contribution in [0.2, 0.25) is 0 Å². The second-order valence-electron chi connectivity index (χ2n) is 7.40. The number of thioether (sulfide) groups is 2. The number of nitrogens with zero attached hydrogens (tertiary/aromatic N) is 3. The molecular formula is C23H25N3O3S2. The molecule has 31 heavy (non-hydrogen) atoms. The molecule has 0 aromatic heterocycles. The molecule has 0 spiro atoms. The fourth-order valence-electron chi connectivity index (χ4n) is 3.16. The normalized spacial score (nSPS) is 16.5. The summed E-state index contributed by atoms with van der Waals surface area (Å²) in [5.74, 6) is 0.840. The molecule has 1 fully saturated rings. The lowest BCUT2D eigenvalue weighted by Gasteiger charge is -2.15. The van der Waals surface area contributed by atoms with E-state index in [0.29, 0.717) is 27.7 Å². The van der Waals surface area contributed by atoms with E-state index in [0.717, 1.165) is 29.0 Å². The smallest absolute Gasteiger partial charge is 0.272 e. The Kier molecular flexibility index (Phi) is 7.56. The Morgan fingerprint density at radius 2 is 1.90 bits per heavy atom. The number of hydrogen-bond donors (Lipinski definition) is 0. The van der Waals surface area contributed by atoms with Crippen LogP contribution in [-0.2, 0) is 4.79 Å². The van der Waals surface area contributed by atoms with Crippen molar-refractivity contribution in [3.8, 4) is 0 Å². The maximum Gasteiger partial charge on any atom is 0.272 e. The SMILES string of the molecule is CSCCCN1C(=O)/C(=C/c2ccc(C)c([N+](=O)[O-])c2)SC1=Nc1cc(C)ccc1C. The van der Waals surface area contributed by atoms with Gasteiger partial charge in [0.15, 0.2) is 5.17 Å². The molecule has 1 heterocycles. The highest BCUT2D eigenvalue weighted by Gasteiger charge is 2.33. The zero-order chi connectivity index (χ0) is 22.5. The molecule has 1 saturated heterocycles. The highest BCUT2D eigenvalue weighted by atomic mass is 32.2. The first-order valence-corrected chi connectivity index (χ1v) is 12.1. The summed E-state index contributed by atoms with van der Waals surface area (Å²) in [5.41, 5.74) is 4.26. The summed E-state index contributed by atoms with van der Waals surface area (Å²) >= 11 is 3.06. The molecule has 6 nitrogen and oxygen atoms in total. The highest BCUT2D eigenvalue weighted by molar-refractivity contribution is 8.18. The van der Waals surface area contributed by atoms with Crippen LogP contribution in [0.25, 0.3) is 6.08 Å². The van der Waals surface area contributed by atoms with E-state index in [1.54, 1.807) is 41.8 Å². The van der Waals surface area contributed by atoms with Gasteiger partial charge in [0.1, 0.15) is 0 Å². The predicted octanol–water partition coefficient (Wildman–Crippen LogP) is 5.88. The Bertz CT molecular complexity index is 1080. The van der Waals surface area contributed by atoms with Gasteiger partial charge >= 0.3 is 0 Å². The van der Waals surface area contributed by atoms with Crippen molar-refractivity contribution >= 4 is 52.0 Å². The van der Waals surface area contributed by atoms with Gasteiger partial charge in [-0.25, -0.2) is 4.99 Å². The van der Waals surface area contributed by atoms with Gasteiger partial charge in [-0.2, -0.15) is 11.8 Å². The molecule has 1 aliphatic rings. The Labute approximate surface area is 191 Å². The van der Waals surface area contributed by atoms with E-state index in [2.05, 4.69) is 0 Å². The highest BCUT2D eigenvalue weighted by Crippen LogP contribution is 2.35. The monoisotopic (exact) mass is 455 g/mol. The summed E-state index contributed by atoms with van der Waals surface area (Å²) < 4.78 is 0. The van der Waals surface area contributed by atoms with E-state index < -0.39 is 4.92 Å².